The van der Waals surface area contributed by atoms with Gasteiger partial charge in [-0.2, -0.15) is 0 Å². The number of carbonyl (C=O) groups is 1. The summed E-state index contributed by atoms with van der Waals surface area (Å²) in [5.41, 5.74) is 8.44. The molecule has 3 N–H and O–H groups in total. The van der Waals surface area contributed by atoms with E-state index in [1.165, 1.54) is 5.56 Å². The molecule has 0 radical (unpaired) electrons. The van der Waals surface area contributed by atoms with Gasteiger partial charge in [0.1, 0.15) is 5.75 Å². The second kappa shape index (κ2) is 10.1. The van der Waals surface area contributed by atoms with Crippen molar-refractivity contribution in [3.8, 4) is 5.75 Å². The smallest absolute Gasteiger partial charge is 0.319 e. The molecule has 168 valence electrons. The van der Waals surface area contributed by atoms with Crippen molar-refractivity contribution in [3.05, 3.63) is 59.7 Å². The normalized spacial score (nSPS) is 15.6. The number of methoxy groups -OCH3 is 1. The number of hydrogen-bond donors (Lipinski definition) is 2. The fourth-order valence-corrected chi connectivity index (χ4v) is 3.86. The third-order valence-corrected chi connectivity index (χ3v) is 6.04. The van der Waals surface area contributed by atoms with Crippen LogP contribution in [0.5, 0.6) is 5.75 Å². The zero-order chi connectivity index (χ0) is 22.4. The molecule has 2 amide bonds. The van der Waals surface area contributed by atoms with E-state index in [4.69, 9.17) is 10.5 Å². The van der Waals surface area contributed by atoms with E-state index < -0.39 is 6.03 Å². The molecule has 1 aliphatic heterocycles. The molecule has 31 heavy (non-hydrogen) atoms. The van der Waals surface area contributed by atoms with Crippen LogP contribution >= 0.6 is 0 Å². The summed E-state index contributed by atoms with van der Waals surface area (Å²) in [5.74, 6) is 0.777. The lowest BCUT2D eigenvalue weighted by Crippen LogP contribution is -2.55. The van der Waals surface area contributed by atoms with E-state index in [2.05, 4.69) is 35.8 Å². The van der Waals surface area contributed by atoms with E-state index in [0.717, 1.165) is 49.7 Å². The summed E-state index contributed by atoms with van der Waals surface area (Å²) in [5, 5.41) is 9.58. The number of ether oxygens (including phenoxy) is 1. The molecule has 1 saturated heterocycles. The number of primary amides is 1. The first-order valence-corrected chi connectivity index (χ1v) is 10.7. The van der Waals surface area contributed by atoms with Crippen LogP contribution in [0.25, 0.3) is 0 Å². The molecule has 2 aromatic carbocycles. The van der Waals surface area contributed by atoms with Crippen LogP contribution in [0.1, 0.15) is 25.0 Å². The average molecular weight is 427 g/mol. The zero-order valence-electron chi connectivity index (χ0n) is 18.8. The fourth-order valence-electron chi connectivity index (χ4n) is 3.86. The molecule has 3 rings (SSSR count). The quantitative estimate of drug-likeness (QED) is 0.678. The minimum atomic E-state index is -0.480. The van der Waals surface area contributed by atoms with Crippen LogP contribution in [0, 0.1) is 0 Å². The molecule has 0 aliphatic carbocycles. The Balaban J connectivity index is 1.59. The number of amides is 2. The molecular formula is C24H34N4O3. The van der Waals surface area contributed by atoms with Gasteiger partial charge in [0.15, 0.2) is 0 Å². The van der Waals surface area contributed by atoms with E-state index >= 15 is 0 Å². The van der Waals surface area contributed by atoms with Crippen molar-refractivity contribution in [2.45, 2.75) is 32.5 Å². The number of rotatable bonds is 8. The number of nitrogens with zero attached hydrogens (tertiary/aromatic N) is 3. The van der Waals surface area contributed by atoms with E-state index in [9.17, 15) is 9.90 Å². The van der Waals surface area contributed by atoms with Gasteiger partial charge in [0, 0.05) is 44.0 Å². The lowest BCUT2D eigenvalue weighted by Gasteiger charge is -2.43. The number of urea groups is 1. The number of anilines is 1. The van der Waals surface area contributed by atoms with Gasteiger partial charge >= 0.3 is 6.03 Å². The topological polar surface area (TPSA) is 82.3 Å². The van der Waals surface area contributed by atoms with Crippen molar-refractivity contribution in [2.75, 3.05) is 44.8 Å². The maximum Gasteiger partial charge on any atom is 0.319 e. The molecule has 1 aliphatic rings. The first kappa shape index (κ1) is 23.1. The maximum absolute atomic E-state index is 12.1. The molecule has 7 heteroatoms. The lowest BCUT2D eigenvalue weighted by molar-refractivity contribution is 0.0148. The predicted octanol–water partition coefficient (Wildman–Crippen LogP) is 2.67. The summed E-state index contributed by atoms with van der Waals surface area (Å²) in [6.45, 7) is 9.43. The Morgan fingerprint density at radius 1 is 1.03 bits per heavy atom. The third kappa shape index (κ3) is 5.97. The second-order valence-electron chi connectivity index (χ2n) is 8.67. The lowest BCUT2D eigenvalue weighted by atomic mass is 10.0. The molecule has 0 atom stereocenters. The summed E-state index contributed by atoms with van der Waals surface area (Å²) in [6.07, 6.45) is 0. The average Bonchev–Trinajstić information content (AvgIpc) is 2.79. The van der Waals surface area contributed by atoms with Gasteiger partial charge < -0.3 is 15.6 Å². The van der Waals surface area contributed by atoms with Crippen molar-refractivity contribution in [1.82, 2.24) is 9.80 Å². The Bertz CT molecular complexity index is 844. The van der Waals surface area contributed by atoms with Gasteiger partial charge in [-0.1, -0.05) is 24.3 Å². The van der Waals surface area contributed by atoms with Crippen LogP contribution in [0.15, 0.2) is 48.5 Å². The van der Waals surface area contributed by atoms with Gasteiger partial charge in [0.25, 0.3) is 0 Å². The molecular weight excluding hydrogens is 392 g/mol. The van der Waals surface area contributed by atoms with Crippen LogP contribution in [-0.4, -0.2) is 66.4 Å². The number of hydrogen-bond acceptors (Lipinski definition) is 5. The third-order valence-electron chi connectivity index (χ3n) is 6.04. The van der Waals surface area contributed by atoms with Crippen LogP contribution in [0.3, 0.4) is 0 Å². The zero-order valence-corrected chi connectivity index (χ0v) is 18.8. The molecule has 7 nitrogen and oxygen atoms in total. The van der Waals surface area contributed by atoms with Gasteiger partial charge in [0.2, 0.25) is 0 Å². The molecule has 0 unspecified atom stereocenters. The summed E-state index contributed by atoms with van der Waals surface area (Å²) in [7, 11) is 1.63. The highest BCUT2D eigenvalue weighted by Gasteiger charge is 2.29. The summed E-state index contributed by atoms with van der Waals surface area (Å²) in [4.78, 5) is 18.4. The first-order chi connectivity index (χ1) is 14.8. The molecule has 1 heterocycles. The maximum atomic E-state index is 12.1. The largest absolute Gasteiger partial charge is 0.497 e. The number of nitrogens with two attached hydrogens (primary N) is 1. The van der Waals surface area contributed by atoms with E-state index in [0.29, 0.717) is 6.54 Å². The summed E-state index contributed by atoms with van der Waals surface area (Å²) >= 11 is 0. The molecule has 0 aromatic heterocycles. The van der Waals surface area contributed by atoms with Crippen molar-refractivity contribution in [2.24, 2.45) is 5.73 Å². The SMILES string of the molecule is COc1ccc(CN(C(N)=O)c2ccc(CN3CCN(C(C)(C)CO)CC3)cc2)cc1. The Morgan fingerprint density at radius 2 is 1.61 bits per heavy atom. The summed E-state index contributed by atoms with van der Waals surface area (Å²) < 4.78 is 5.19. The highest BCUT2D eigenvalue weighted by Crippen LogP contribution is 2.21. The van der Waals surface area contributed by atoms with Crippen molar-refractivity contribution in [1.29, 1.82) is 0 Å². The minimum Gasteiger partial charge on any atom is -0.497 e. The Morgan fingerprint density at radius 3 is 2.13 bits per heavy atom. The molecule has 0 saturated carbocycles. The van der Waals surface area contributed by atoms with Gasteiger partial charge in [-0.3, -0.25) is 14.7 Å². The number of benzene rings is 2. The highest BCUT2D eigenvalue weighted by molar-refractivity contribution is 5.90. The molecule has 0 bridgehead atoms. The molecule has 1 fully saturated rings. The van der Waals surface area contributed by atoms with Gasteiger partial charge in [-0.15, -0.1) is 0 Å². The van der Waals surface area contributed by atoms with Crippen LogP contribution in [-0.2, 0) is 13.1 Å². The minimum absolute atomic E-state index is 0.168. The Kier molecular flexibility index (Phi) is 7.54. The summed E-state index contributed by atoms with van der Waals surface area (Å²) in [6, 6.07) is 15.2. The van der Waals surface area contributed by atoms with Gasteiger partial charge in [-0.25, -0.2) is 4.79 Å². The molecule has 2 aromatic rings. The van der Waals surface area contributed by atoms with E-state index in [-0.39, 0.29) is 12.1 Å². The van der Waals surface area contributed by atoms with Gasteiger partial charge in [-0.05, 0) is 49.2 Å². The highest BCUT2D eigenvalue weighted by atomic mass is 16.5. The number of aliphatic hydroxyl groups is 1. The molecule has 0 spiro atoms. The number of piperazine rings is 1. The predicted molar refractivity (Wildman–Crippen MR) is 123 cm³/mol. The van der Waals surface area contributed by atoms with Gasteiger partial charge in [0.05, 0.1) is 20.3 Å². The Hall–Kier alpha value is -2.61. The van der Waals surface area contributed by atoms with Crippen molar-refractivity contribution >= 4 is 11.7 Å². The first-order valence-electron chi connectivity index (χ1n) is 10.7. The van der Waals surface area contributed by atoms with E-state index in [1.54, 1.807) is 12.0 Å². The van der Waals surface area contributed by atoms with Crippen molar-refractivity contribution in [3.63, 3.8) is 0 Å². The standard InChI is InChI=1S/C24H34N4O3/c1-24(2,18-29)27-14-12-26(13-15-27)16-19-4-8-21(9-5-19)28(23(25)30)17-20-6-10-22(31-3)11-7-20/h4-11,29H,12-18H2,1-3H3,(H2,25,30). The van der Waals surface area contributed by atoms with Crippen molar-refractivity contribution < 1.29 is 14.6 Å². The Labute approximate surface area is 185 Å². The van der Waals surface area contributed by atoms with E-state index in [1.807, 2.05) is 36.4 Å². The van der Waals surface area contributed by atoms with Crippen LogP contribution in [0.4, 0.5) is 10.5 Å². The monoisotopic (exact) mass is 426 g/mol. The number of aliphatic hydroxyl groups excluding tert-OH is 1. The number of carbonyl (C=O) groups excluding carboxylic acids is 1. The van der Waals surface area contributed by atoms with Crippen LogP contribution in [0.2, 0.25) is 0 Å². The second-order valence-corrected chi connectivity index (χ2v) is 8.67. The fraction of sp³-hybridized carbons (Fsp3) is 0.458. The van der Waals surface area contributed by atoms with Crippen LogP contribution < -0.4 is 15.4 Å².